The van der Waals surface area contributed by atoms with Crippen molar-refractivity contribution >= 4 is 5.91 Å². The highest BCUT2D eigenvalue weighted by Gasteiger charge is 2.53. The highest BCUT2D eigenvalue weighted by Crippen LogP contribution is 2.48. The number of hydrogen-bond acceptors (Lipinski definition) is 3. The van der Waals surface area contributed by atoms with E-state index in [1.807, 2.05) is 11.0 Å². The van der Waals surface area contributed by atoms with Crippen LogP contribution in [0.5, 0.6) is 0 Å². The van der Waals surface area contributed by atoms with Gasteiger partial charge in [-0.25, -0.2) is 8.78 Å². The number of nitrogens with one attached hydrogen (secondary N) is 1. The molecule has 31 heavy (non-hydrogen) atoms. The van der Waals surface area contributed by atoms with Gasteiger partial charge in [0.2, 0.25) is 5.91 Å². The lowest BCUT2D eigenvalue weighted by Gasteiger charge is -2.43. The zero-order valence-electron chi connectivity index (χ0n) is 18.0. The Bertz CT molecular complexity index is 1040. The van der Waals surface area contributed by atoms with Gasteiger partial charge < -0.3 is 15.0 Å². The molecule has 2 aromatic rings. The molecule has 2 heterocycles. The molecule has 0 aromatic heterocycles. The number of halogens is 2. The lowest BCUT2D eigenvalue weighted by Crippen LogP contribution is -2.55. The minimum absolute atomic E-state index is 0.0354. The third-order valence-electron chi connectivity index (χ3n) is 7.30. The van der Waals surface area contributed by atoms with Crippen LogP contribution in [-0.4, -0.2) is 29.9 Å². The largest absolute Gasteiger partial charge is 0.365 e. The van der Waals surface area contributed by atoms with Gasteiger partial charge >= 0.3 is 0 Å². The van der Waals surface area contributed by atoms with Gasteiger partial charge in [-0.3, -0.25) is 4.79 Å². The van der Waals surface area contributed by atoms with Crippen LogP contribution >= 0.6 is 0 Å². The summed E-state index contributed by atoms with van der Waals surface area (Å²) in [4.78, 5) is 15.9. The standard InChI is InChI=1S/C25H28F2N2O2/c1-15-4-3-5-17(16(15)2)13-29(19-6-7-19)24(30)21-12-28-9-8-25(21)20-11-23(27)22(26)10-18(20)14-31-25/h3-5,10-11,19,21,28H,6-9,12-14H2,1-2H3/t21-,25?/m1/s1. The Morgan fingerprint density at radius 2 is 2.00 bits per heavy atom. The molecule has 0 bridgehead atoms. The van der Waals surface area contributed by atoms with E-state index >= 15 is 0 Å². The maximum absolute atomic E-state index is 14.2. The Hall–Kier alpha value is -2.31. The molecule has 5 rings (SSSR count). The van der Waals surface area contributed by atoms with E-state index in [1.165, 1.54) is 23.3 Å². The second-order valence-electron chi connectivity index (χ2n) is 9.16. The van der Waals surface area contributed by atoms with Gasteiger partial charge in [0.15, 0.2) is 11.6 Å². The van der Waals surface area contributed by atoms with Crippen molar-refractivity contribution in [1.29, 1.82) is 0 Å². The maximum atomic E-state index is 14.2. The number of carbonyl (C=O) groups is 1. The van der Waals surface area contributed by atoms with Gasteiger partial charge in [0, 0.05) is 19.1 Å². The van der Waals surface area contributed by atoms with Crippen LogP contribution in [0.4, 0.5) is 8.78 Å². The van der Waals surface area contributed by atoms with Crippen molar-refractivity contribution < 1.29 is 18.3 Å². The minimum Gasteiger partial charge on any atom is -0.365 e. The average Bonchev–Trinajstić information content (AvgIpc) is 3.55. The first-order valence-corrected chi connectivity index (χ1v) is 11.1. The van der Waals surface area contributed by atoms with Gasteiger partial charge in [0.1, 0.15) is 5.60 Å². The molecule has 2 fully saturated rings. The van der Waals surface area contributed by atoms with Crippen LogP contribution in [0, 0.1) is 31.4 Å². The second-order valence-corrected chi connectivity index (χ2v) is 9.16. The smallest absolute Gasteiger partial charge is 0.230 e. The summed E-state index contributed by atoms with van der Waals surface area (Å²) in [6.07, 6.45) is 2.56. The number of carbonyl (C=O) groups excluding carboxylic acids is 1. The fourth-order valence-electron chi connectivity index (χ4n) is 5.17. The Kier molecular flexibility index (Phi) is 5.10. The Labute approximate surface area is 181 Å². The number of aryl methyl sites for hydroxylation is 1. The Balaban J connectivity index is 1.50. The number of benzene rings is 2. The first-order chi connectivity index (χ1) is 14.9. The lowest BCUT2D eigenvalue weighted by atomic mass is 9.75. The second kappa shape index (κ2) is 7.68. The number of hydrogen-bond donors (Lipinski definition) is 1. The predicted molar refractivity (Wildman–Crippen MR) is 113 cm³/mol. The van der Waals surface area contributed by atoms with E-state index in [0.29, 0.717) is 37.2 Å². The quantitative estimate of drug-likeness (QED) is 0.800. The molecule has 1 N–H and O–H groups in total. The minimum atomic E-state index is -0.902. The molecule has 2 atom stereocenters. The van der Waals surface area contributed by atoms with Gasteiger partial charge in [-0.15, -0.1) is 0 Å². The number of ether oxygens (including phenoxy) is 1. The highest BCUT2D eigenvalue weighted by molar-refractivity contribution is 5.82. The van der Waals surface area contributed by atoms with Gasteiger partial charge in [0.05, 0.1) is 12.5 Å². The number of fused-ring (bicyclic) bond motifs is 2. The molecule has 1 aliphatic carbocycles. The molecular weight excluding hydrogens is 398 g/mol. The molecule has 6 heteroatoms. The molecule has 2 aromatic carbocycles. The molecule has 1 saturated carbocycles. The van der Waals surface area contributed by atoms with E-state index in [-0.39, 0.29) is 18.6 Å². The Morgan fingerprint density at radius 3 is 2.77 bits per heavy atom. The van der Waals surface area contributed by atoms with Crippen molar-refractivity contribution in [3.63, 3.8) is 0 Å². The molecule has 2 aliphatic heterocycles. The van der Waals surface area contributed by atoms with E-state index in [0.717, 1.165) is 18.4 Å². The fraction of sp³-hybridized carbons (Fsp3) is 0.480. The van der Waals surface area contributed by atoms with E-state index < -0.39 is 23.2 Å². The summed E-state index contributed by atoms with van der Waals surface area (Å²) in [6, 6.07) is 8.90. The molecule has 4 nitrogen and oxygen atoms in total. The van der Waals surface area contributed by atoms with Gasteiger partial charge in [-0.05, 0) is 79.6 Å². The summed E-state index contributed by atoms with van der Waals surface area (Å²) >= 11 is 0. The van der Waals surface area contributed by atoms with Crippen LogP contribution in [0.15, 0.2) is 30.3 Å². The van der Waals surface area contributed by atoms with E-state index in [2.05, 4.69) is 31.3 Å². The van der Waals surface area contributed by atoms with Crippen molar-refractivity contribution in [1.82, 2.24) is 10.2 Å². The molecule has 1 spiro atoms. The van der Waals surface area contributed by atoms with Crippen LogP contribution in [-0.2, 0) is 28.3 Å². The van der Waals surface area contributed by atoms with Crippen LogP contribution in [0.2, 0.25) is 0 Å². The van der Waals surface area contributed by atoms with Crippen LogP contribution in [0.3, 0.4) is 0 Å². The van der Waals surface area contributed by atoms with Crippen molar-refractivity contribution in [3.8, 4) is 0 Å². The zero-order valence-corrected chi connectivity index (χ0v) is 18.0. The van der Waals surface area contributed by atoms with Crippen molar-refractivity contribution in [3.05, 3.63) is 69.8 Å². The number of amides is 1. The highest BCUT2D eigenvalue weighted by atomic mass is 19.2. The molecular formula is C25H28F2N2O2. The van der Waals surface area contributed by atoms with E-state index in [1.54, 1.807) is 0 Å². The van der Waals surface area contributed by atoms with Gasteiger partial charge in [-0.2, -0.15) is 0 Å². The monoisotopic (exact) mass is 426 g/mol. The van der Waals surface area contributed by atoms with Crippen LogP contribution in [0.1, 0.15) is 47.1 Å². The summed E-state index contributed by atoms with van der Waals surface area (Å²) in [5.41, 5.74) is 3.94. The number of rotatable bonds is 4. The fourth-order valence-corrected chi connectivity index (χ4v) is 5.17. The molecule has 1 amide bonds. The predicted octanol–water partition coefficient (Wildman–Crippen LogP) is 4.11. The van der Waals surface area contributed by atoms with Crippen molar-refractivity contribution in [2.45, 2.75) is 57.9 Å². The third kappa shape index (κ3) is 3.46. The molecule has 1 saturated heterocycles. The molecule has 1 unspecified atom stereocenters. The van der Waals surface area contributed by atoms with E-state index in [9.17, 15) is 13.6 Å². The Morgan fingerprint density at radius 1 is 1.23 bits per heavy atom. The summed E-state index contributed by atoms with van der Waals surface area (Å²) < 4.78 is 34.2. The van der Waals surface area contributed by atoms with Gasteiger partial charge in [0.25, 0.3) is 0 Å². The third-order valence-corrected chi connectivity index (χ3v) is 7.30. The van der Waals surface area contributed by atoms with Crippen molar-refractivity contribution in [2.75, 3.05) is 13.1 Å². The molecule has 0 radical (unpaired) electrons. The summed E-state index contributed by atoms with van der Waals surface area (Å²) in [5.74, 6) is -2.19. The maximum Gasteiger partial charge on any atom is 0.230 e. The summed E-state index contributed by atoms with van der Waals surface area (Å²) in [7, 11) is 0. The average molecular weight is 427 g/mol. The van der Waals surface area contributed by atoms with Gasteiger partial charge in [-0.1, -0.05) is 18.2 Å². The van der Waals surface area contributed by atoms with E-state index in [4.69, 9.17) is 4.74 Å². The van der Waals surface area contributed by atoms with Crippen molar-refractivity contribution in [2.24, 2.45) is 5.92 Å². The van der Waals surface area contributed by atoms with Crippen LogP contribution < -0.4 is 5.32 Å². The SMILES string of the molecule is Cc1cccc(CN(C(=O)[C@H]2CNCCC23OCc2cc(F)c(F)cc23)C2CC2)c1C. The summed E-state index contributed by atoms with van der Waals surface area (Å²) in [6.45, 7) is 6.08. The summed E-state index contributed by atoms with van der Waals surface area (Å²) in [5, 5.41) is 3.33. The molecule has 3 aliphatic rings. The zero-order chi connectivity index (χ0) is 21.8. The topological polar surface area (TPSA) is 41.6 Å². The molecule has 164 valence electrons. The lowest BCUT2D eigenvalue weighted by molar-refractivity contribution is -0.157. The first kappa shape index (κ1) is 20.6. The normalized spacial score (nSPS) is 25.0. The number of piperidine rings is 1. The number of nitrogens with zero attached hydrogens (tertiary/aromatic N) is 1. The van der Waals surface area contributed by atoms with Crippen LogP contribution in [0.25, 0.3) is 0 Å². The first-order valence-electron chi connectivity index (χ1n) is 11.1.